The molecule has 0 atom stereocenters. The molecule has 0 radical (unpaired) electrons. The van der Waals surface area contributed by atoms with E-state index in [9.17, 15) is 4.79 Å². The number of carbonyl (C=O) groups excluding carboxylic acids is 1. The lowest BCUT2D eigenvalue weighted by Crippen LogP contribution is -2.25. The zero-order chi connectivity index (χ0) is 10.7. The van der Waals surface area contributed by atoms with Gasteiger partial charge in [0.25, 0.3) is 0 Å². The van der Waals surface area contributed by atoms with E-state index in [4.69, 9.17) is 0 Å². The summed E-state index contributed by atoms with van der Waals surface area (Å²) in [6.07, 6.45) is 9.23. The minimum absolute atomic E-state index is 0.0955. The van der Waals surface area contributed by atoms with E-state index in [1.807, 2.05) is 22.7 Å². The van der Waals surface area contributed by atoms with Gasteiger partial charge in [0.15, 0.2) is 0 Å². The van der Waals surface area contributed by atoms with Crippen LogP contribution in [0.2, 0.25) is 0 Å². The maximum atomic E-state index is 11.6. The molecule has 0 saturated carbocycles. The molecule has 0 aliphatic carbocycles. The molecule has 0 unspecified atom stereocenters. The fraction of sp³-hybridized carbons (Fsp3) is 0.455. The predicted molar refractivity (Wildman–Crippen MR) is 58.1 cm³/mol. The highest BCUT2D eigenvalue weighted by atomic mass is 16.2. The average Bonchev–Trinajstić information content (AvgIpc) is 2.84. The van der Waals surface area contributed by atoms with Crippen molar-refractivity contribution in [3.05, 3.63) is 24.3 Å². The first-order chi connectivity index (χ1) is 7.25. The number of hydrogen-bond donors (Lipinski definition) is 0. The zero-order valence-corrected chi connectivity index (χ0v) is 8.89. The van der Waals surface area contributed by atoms with Gasteiger partial charge in [-0.1, -0.05) is 0 Å². The first-order valence-corrected chi connectivity index (χ1v) is 5.20. The summed E-state index contributed by atoms with van der Waals surface area (Å²) in [5.41, 5.74) is 0.824. The summed E-state index contributed by atoms with van der Waals surface area (Å²) < 4.78 is 1.86. The van der Waals surface area contributed by atoms with Crippen molar-refractivity contribution in [3.8, 4) is 0 Å². The van der Waals surface area contributed by atoms with Crippen molar-refractivity contribution in [2.75, 3.05) is 13.1 Å². The Kier molecular flexibility index (Phi) is 2.85. The fourth-order valence-electron chi connectivity index (χ4n) is 1.72. The van der Waals surface area contributed by atoms with Crippen molar-refractivity contribution in [1.29, 1.82) is 0 Å². The second-order valence-corrected chi connectivity index (χ2v) is 3.83. The van der Waals surface area contributed by atoms with Crippen LogP contribution in [0.25, 0.3) is 6.08 Å². The van der Waals surface area contributed by atoms with Crippen LogP contribution in [-0.2, 0) is 11.8 Å². The van der Waals surface area contributed by atoms with Gasteiger partial charge in [-0.15, -0.1) is 0 Å². The average molecular weight is 205 g/mol. The molecule has 0 N–H and O–H groups in total. The summed E-state index contributed by atoms with van der Waals surface area (Å²) in [4.78, 5) is 17.6. The molecule has 1 aromatic heterocycles. The van der Waals surface area contributed by atoms with E-state index in [1.165, 1.54) is 0 Å². The molecule has 0 spiro atoms. The SMILES string of the molecule is Cn1cnc(/C=C/C(=O)N2CCCC2)c1. The molecule has 80 valence electrons. The molecule has 1 aliphatic heterocycles. The monoisotopic (exact) mass is 205 g/mol. The smallest absolute Gasteiger partial charge is 0.246 e. The van der Waals surface area contributed by atoms with Crippen LogP contribution >= 0.6 is 0 Å². The Bertz CT molecular complexity index is 375. The summed E-state index contributed by atoms with van der Waals surface area (Å²) in [5.74, 6) is 0.0955. The summed E-state index contributed by atoms with van der Waals surface area (Å²) in [5, 5.41) is 0. The molecule has 1 aliphatic rings. The molecule has 0 bridgehead atoms. The Labute approximate surface area is 89.2 Å². The largest absolute Gasteiger partial charge is 0.340 e. The second kappa shape index (κ2) is 4.29. The number of hydrogen-bond acceptors (Lipinski definition) is 2. The number of rotatable bonds is 2. The summed E-state index contributed by atoms with van der Waals surface area (Å²) in [6, 6.07) is 0. The van der Waals surface area contributed by atoms with Gasteiger partial charge in [-0.2, -0.15) is 0 Å². The number of carbonyl (C=O) groups is 1. The van der Waals surface area contributed by atoms with Gasteiger partial charge in [0.1, 0.15) is 0 Å². The van der Waals surface area contributed by atoms with Gasteiger partial charge in [-0.25, -0.2) is 4.98 Å². The quantitative estimate of drug-likeness (QED) is 0.677. The molecule has 4 heteroatoms. The van der Waals surface area contributed by atoms with Gasteiger partial charge < -0.3 is 9.47 Å². The predicted octanol–water partition coefficient (Wildman–Crippen LogP) is 1.06. The lowest BCUT2D eigenvalue weighted by Gasteiger charge is -2.11. The van der Waals surface area contributed by atoms with Crippen molar-refractivity contribution in [3.63, 3.8) is 0 Å². The van der Waals surface area contributed by atoms with Gasteiger partial charge in [0.05, 0.1) is 12.0 Å². The molecule has 1 fully saturated rings. The number of likely N-dealkylation sites (tertiary alicyclic amines) is 1. The number of nitrogens with zero attached hydrogens (tertiary/aromatic N) is 3. The van der Waals surface area contributed by atoms with Crippen molar-refractivity contribution < 1.29 is 4.79 Å². The highest BCUT2D eigenvalue weighted by Gasteiger charge is 2.14. The van der Waals surface area contributed by atoms with Crippen LogP contribution < -0.4 is 0 Å². The van der Waals surface area contributed by atoms with Crippen LogP contribution in [0.5, 0.6) is 0 Å². The van der Waals surface area contributed by atoms with E-state index >= 15 is 0 Å². The van der Waals surface area contributed by atoms with E-state index in [-0.39, 0.29) is 5.91 Å². The normalized spacial score (nSPS) is 16.5. The lowest BCUT2D eigenvalue weighted by atomic mass is 10.4. The van der Waals surface area contributed by atoms with E-state index in [2.05, 4.69) is 4.98 Å². The number of aromatic nitrogens is 2. The number of amides is 1. The minimum atomic E-state index is 0.0955. The Balaban J connectivity index is 1.95. The van der Waals surface area contributed by atoms with E-state index < -0.39 is 0 Å². The van der Waals surface area contributed by atoms with Crippen molar-refractivity contribution in [2.24, 2.45) is 7.05 Å². The molecule has 1 amide bonds. The first kappa shape index (κ1) is 9.96. The molecule has 2 rings (SSSR count). The Morgan fingerprint density at radius 2 is 2.20 bits per heavy atom. The lowest BCUT2D eigenvalue weighted by molar-refractivity contribution is -0.124. The fourth-order valence-corrected chi connectivity index (χ4v) is 1.72. The number of aryl methyl sites for hydroxylation is 1. The highest BCUT2D eigenvalue weighted by Crippen LogP contribution is 2.08. The first-order valence-electron chi connectivity index (χ1n) is 5.20. The van der Waals surface area contributed by atoms with Gasteiger partial charge in [0, 0.05) is 32.4 Å². The number of imidazole rings is 1. The molecule has 2 heterocycles. The van der Waals surface area contributed by atoms with Crippen LogP contribution in [0.15, 0.2) is 18.6 Å². The third-order valence-electron chi connectivity index (χ3n) is 2.54. The Hall–Kier alpha value is -1.58. The van der Waals surface area contributed by atoms with Crippen LogP contribution in [0.1, 0.15) is 18.5 Å². The molecule has 0 aromatic carbocycles. The highest BCUT2D eigenvalue weighted by molar-refractivity contribution is 5.91. The topological polar surface area (TPSA) is 38.1 Å². The molecular weight excluding hydrogens is 190 g/mol. The Morgan fingerprint density at radius 3 is 2.80 bits per heavy atom. The standard InChI is InChI=1S/C11H15N3O/c1-13-8-10(12-9-13)4-5-11(15)14-6-2-3-7-14/h4-5,8-9H,2-3,6-7H2,1H3/b5-4+. The van der Waals surface area contributed by atoms with Crippen LogP contribution in [0.4, 0.5) is 0 Å². The zero-order valence-electron chi connectivity index (χ0n) is 8.89. The van der Waals surface area contributed by atoms with Crippen molar-refractivity contribution in [1.82, 2.24) is 14.5 Å². The van der Waals surface area contributed by atoms with Crippen LogP contribution in [0, 0.1) is 0 Å². The van der Waals surface area contributed by atoms with Gasteiger partial charge >= 0.3 is 0 Å². The molecule has 1 aromatic rings. The van der Waals surface area contributed by atoms with E-state index in [0.717, 1.165) is 31.6 Å². The van der Waals surface area contributed by atoms with Crippen LogP contribution in [-0.4, -0.2) is 33.4 Å². The molecular formula is C11H15N3O. The van der Waals surface area contributed by atoms with E-state index in [0.29, 0.717) is 0 Å². The molecule has 4 nitrogen and oxygen atoms in total. The summed E-state index contributed by atoms with van der Waals surface area (Å²) in [7, 11) is 1.91. The maximum absolute atomic E-state index is 11.6. The Morgan fingerprint density at radius 1 is 1.47 bits per heavy atom. The molecule has 15 heavy (non-hydrogen) atoms. The van der Waals surface area contributed by atoms with Crippen molar-refractivity contribution >= 4 is 12.0 Å². The van der Waals surface area contributed by atoms with Gasteiger partial charge in [-0.05, 0) is 18.9 Å². The molecule has 1 saturated heterocycles. The van der Waals surface area contributed by atoms with E-state index in [1.54, 1.807) is 18.5 Å². The minimum Gasteiger partial charge on any atom is -0.340 e. The maximum Gasteiger partial charge on any atom is 0.246 e. The van der Waals surface area contributed by atoms with Gasteiger partial charge in [0.2, 0.25) is 5.91 Å². The second-order valence-electron chi connectivity index (χ2n) is 3.83. The third-order valence-corrected chi connectivity index (χ3v) is 2.54. The van der Waals surface area contributed by atoms with Gasteiger partial charge in [-0.3, -0.25) is 4.79 Å². The van der Waals surface area contributed by atoms with Crippen LogP contribution in [0.3, 0.4) is 0 Å². The summed E-state index contributed by atoms with van der Waals surface area (Å²) >= 11 is 0. The summed E-state index contributed by atoms with van der Waals surface area (Å²) in [6.45, 7) is 1.79. The van der Waals surface area contributed by atoms with Crippen molar-refractivity contribution in [2.45, 2.75) is 12.8 Å². The third kappa shape index (κ3) is 2.46.